The summed E-state index contributed by atoms with van der Waals surface area (Å²) in [5.74, 6) is 0.442. The number of anilines is 2. The number of rotatable bonds is 10. The lowest BCUT2D eigenvalue weighted by Gasteiger charge is -2.34. The zero-order valence-electron chi connectivity index (χ0n) is 22.3. The van der Waals surface area contributed by atoms with Crippen LogP contribution in [0.4, 0.5) is 11.6 Å². The van der Waals surface area contributed by atoms with E-state index in [1.165, 1.54) is 0 Å². The molecule has 10 heteroatoms. The first-order valence-corrected chi connectivity index (χ1v) is 14.6. The van der Waals surface area contributed by atoms with Crippen LogP contribution in [0.15, 0.2) is 72.0 Å². The van der Waals surface area contributed by atoms with E-state index < -0.39 is 10.0 Å². The Bertz CT molecular complexity index is 1510. The lowest BCUT2D eigenvalue weighted by Crippen LogP contribution is -2.48. The second kappa shape index (κ2) is 12.1. The Morgan fingerprint density at radius 1 is 0.974 bits per heavy atom. The van der Waals surface area contributed by atoms with Crippen LogP contribution in [0.5, 0.6) is 0 Å². The standard InChI is InChI=1S/C29H35N7O2S/c1-35(2)18-19-36(25-12-15-30-16-13-25)39(37,38)26-10-8-24(9-11-26)34-29-32-20-22(21-33-29)6-7-23-4-3-5-28-27(23)14-17-31-28/h3-11,14,17,20-21,25,30-31H,12-13,15-16,18-19H2,1-2H3,(H,32,33,34)/b7-6+. The highest BCUT2D eigenvalue weighted by Gasteiger charge is 2.32. The number of sulfonamides is 1. The molecule has 4 aromatic rings. The van der Waals surface area contributed by atoms with Gasteiger partial charge in [-0.25, -0.2) is 18.4 Å². The summed E-state index contributed by atoms with van der Waals surface area (Å²) in [6.45, 7) is 2.81. The van der Waals surface area contributed by atoms with Crippen LogP contribution in [0, 0.1) is 0 Å². The molecule has 2 aromatic carbocycles. The minimum Gasteiger partial charge on any atom is -0.361 e. The first kappa shape index (κ1) is 27.0. The van der Waals surface area contributed by atoms with Gasteiger partial charge in [0.2, 0.25) is 16.0 Å². The maximum absolute atomic E-state index is 13.6. The van der Waals surface area contributed by atoms with Gasteiger partial charge < -0.3 is 20.5 Å². The largest absolute Gasteiger partial charge is 0.361 e. The summed E-state index contributed by atoms with van der Waals surface area (Å²) in [6.07, 6.45) is 11.1. The molecule has 3 heterocycles. The summed E-state index contributed by atoms with van der Waals surface area (Å²) in [5, 5.41) is 7.65. The average molecular weight is 546 g/mol. The molecule has 204 valence electrons. The first-order chi connectivity index (χ1) is 18.9. The summed E-state index contributed by atoms with van der Waals surface area (Å²) in [7, 11) is 0.301. The highest BCUT2D eigenvalue weighted by molar-refractivity contribution is 7.89. The lowest BCUT2D eigenvalue weighted by atomic mass is 10.1. The molecule has 0 unspecified atom stereocenters. The van der Waals surface area contributed by atoms with Gasteiger partial charge in [-0.2, -0.15) is 4.31 Å². The number of hydrogen-bond acceptors (Lipinski definition) is 7. The number of H-pyrrole nitrogens is 1. The molecule has 1 aliphatic rings. The van der Waals surface area contributed by atoms with Gasteiger partial charge in [-0.3, -0.25) is 0 Å². The van der Waals surface area contributed by atoms with E-state index in [2.05, 4.69) is 37.7 Å². The maximum atomic E-state index is 13.6. The van der Waals surface area contributed by atoms with Crippen LogP contribution in [0.1, 0.15) is 24.0 Å². The second-order valence-electron chi connectivity index (χ2n) is 10.0. The van der Waals surface area contributed by atoms with Crippen molar-refractivity contribution in [1.29, 1.82) is 0 Å². The van der Waals surface area contributed by atoms with E-state index in [0.29, 0.717) is 23.9 Å². The van der Waals surface area contributed by atoms with E-state index in [0.717, 1.165) is 53.6 Å². The molecule has 0 amide bonds. The van der Waals surface area contributed by atoms with Crippen LogP contribution in [-0.4, -0.2) is 78.9 Å². The SMILES string of the molecule is CN(C)CCN(C1CCNCC1)S(=O)(=O)c1ccc(Nc2ncc(/C=C/c3cccc4[nH]ccc34)cn2)cc1. The molecule has 0 bridgehead atoms. The fraction of sp³-hybridized carbons (Fsp3) is 0.310. The van der Waals surface area contributed by atoms with Crippen molar-refractivity contribution in [1.82, 2.24) is 29.5 Å². The normalized spacial score (nSPS) is 15.1. The van der Waals surface area contributed by atoms with Gasteiger partial charge in [0, 0.05) is 59.9 Å². The Hall–Kier alpha value is -3.57. The van der Waals surface area contributed by atoms with Gasteiger partial charge in [0.05, 0.1) is 4.90 Å². The zero-order chi connectivity index (χ0) is 27.2. The average Bonchev–Trinajstić information content (AvgIpc) is 3.43. The van der Waals surface area contributed by atoms with Crippen LogP contribution < -0.4 is 10.6 Å². The summed E-state index contributed by atoms with van der Waals surface area (Å²) in [5.41, 5.74) is 3.81. The second-order valence-corrected chi connectivity index (χ2v) is 11.9. The summed E-state index contributed by atoms with van der Waals surface area (Å²) >= 11 is 0. The monoisotopic (exact) mass is 545 g/mol. The van der Waals surface area contributed by atoms with Crippen LogP contribution in [0.25, 0.3) is 23.1 Å². The number of fused-ring (bicyclic) bond motifs is 1. The minimum atomic E-state index is -3.62. The number of nitrogens with one attached hydrogen (secondary N) is 3. The molecule has 39 heavy (non-hydrogen) atoms. The predicted molar refractivity (Wildman–Crippen MR) is 157 cm³/mol. The molecule has 0 atom stereocenters. The fourth-order valence-corrected chi connectivity index (χ4v) is 6.47. The van der Waals surface area contributed by atoms with E-state index in [1.54, 1.807) is 41.0 Å². The molecule has 3 N–H and O–H groups in total. The molecule has 5 rings (SSSR count). The van der Waals surface area contributed by atoms with E-state index in [-0.39, 0.29) is 6.04 Å². The molecule has 0 radical (unpaired) electrons. The first-order valence-electron chi connectivity index (χ1n) is 13.2. The molecule has 0 aliphatic carbocycles. The number of hydrogen-bond donors (Lipinski definition) is 3. The smallest absolute Gasteiger partial charge is 0.243 e. The molecule has 9 nitrogen and oxygen atoms in total. The van der Waals surface area contributed by atoms with Crippen LogP contribution >= 0.6 is 0 Å². The van der Waals surface area contributed by atoms with Crippen molar-refractivity contribution < 1.29 is 8.42 Å². The highest BCUT2D eigenvalue weighted by Crippen LogP contribution is 2.25. The molecule has 0 saturated carbocycles. The number of benzene rings is 2. The fourth-order valence-electron chi connectivity index (χ4n) is 4.80. The molecule has 2 aromatic heterocycles. The number of aromatic nitrogens is 3. The van der Waals surface area contributed by atoms with Crippen molar-refractivity contribution in [3.8, 4) is 0 Å². The summed E-state index contributed by atoms with van der Waals surface area (Å²) < 4.78 is 28.9. The van der Waals surface area contributed by atoms with Gasteiger partial charge in [-0.05, 0) is 82.0 Å². The number of nitrogens with zero attached hydrogens (tertiary/aromatic N) is 4. The third-order valence-electron chi connectivity index (χ3n) is 6.96. The lowest BCUT2D eigenvalue weighted by molar-refractivity contribution is 0.240. The molecule has 1 aliphatic heterocycles. The van der Waals surface area contributed by atoms with E-state index in [9.17, 15) is 8.42 Å². The Balaban J connectivity index is 1.25. The summed E-state index contributed by atoms with van der Waals surface area (Å²) in [4.78, 5) is 14.4. The van der Waals surface area contributed by atoms with E-state index >= 15 is 0 Å². The number of likely N-dealkylation sites (N-methyl/N-ethyl adjacent to an activating group) is 1. The maximum Gasteiger partial charge on any atom is 0.243 e. The van der Waals surface area contributed by atoms with Crippen molar-refractivity contribution in [2.75, 3.05) is 45.6 Å². The molecule has 1 fully saturated rings. The van der Waals surface area contributed by atoms with Gasteiger partial charge >= 0.3 is 0 Å². The number of aromatic amines is 1. The van der Waals surface area contributed by atoms with E-state index in [4.69, 9.17) is 0 Å². The van der Waals surface area contributed by atoms with Gasteiger partial charge in [-0.1, -0.05) is 24.3 Å². The van der Waals surface area contributed by atoms with E-state index in [1.807, 2.05) is 49.5 Å². The predicted octanol–water partition coefficient (Wildman–Crippen LogP) is 4.18. The third-order valence-corrected chi connectivity index (χ3v) is 8.92. The zero-order valence-corrected chi connectivity index (χ0v) is 23.2. The molecular weight excluding hydrogens is 510 g/mol. The van der Waals surface area contributed by atoms with Gasteiger partial charge in [-0.15, -0.1) is 0 Å². The van der Waals surface area contributed by atoms with Crippen molar-refractivity contribution in [3.05, 3.63) is 78.2 Å². The van der Waals surface area contributed by atoms with Crippen molar-refractivity contribution >= 4 is 44.7 Å². The Kier molecular flexibility index (Phi) is 8.37. The summed E-state index contributed by atoms with van der Waals surface area (Å²) in [6, 6.07) is 15.0. The van der Waals surface area contributed by atoms with Crippen molar-refractivity contribution in [3.63, 3.8) is 0 Å². The Labute approximate surface area is 230 Å². The highest BCUT2D eigenvalue weighted by atomic mass is 32.2. The Morgan fingerprint density at radius 2 is 1.72 bits per heavy atom. The van der Waals surface area contributed by atoms with Crippen LogP contribution in [0.3, 0.4) is 0 Å². The van der Waals surface area contributed by atoms with Crippen molar-refractivity contribution in [2.24, 2.45) is 0 Å². The third kappa shape index (κ3) is 6.54. The van der Waals surface area contributed by atoms with Gasteiger partial charge in [0.25, 0.3) is 0 Å². The van der Waals surface area contributed by atoms with Gasteiger partial charge in [0.15, 0.2) is 0 Å². The molecule has 0 spiro atoms. The minimum absolute atomic E-state index is 0.00547. The molecule has 1 saturated heterocycles. The van der Waals surface area contributed by atoms with Gasteiger partial charge in [0.1, 0.15) is 0 Å². The number of piperidine rings is 1. The van der Waals surface area contributed by atoms with Crippen LogP contribution in [-0.2, 0) is 10.0 Å². The quantitative estimate of drug-likeness (QED) is 0.275. The molecular formula is C29H35N7O2S. The topological polar surface area (TPSA) is 106 Å². The van der Waals surface area contributed by atoms with Crippen molar-refractivity contribution in [2.45, 2.75) is 23.8 Å². The Morgan fingerprint density at radius 3 is 2.44 bits per heavy atom. The van der Waals surface area contributed by atoms with Crippen LogP contribution in [0.2, 0.25) is 0 Å².